The molecule has 3 fully saturated rings. The Morgan fingerprint density at radius 3 is 2.28 bits per heavy atom. The van der Waals surface area contributed by atoms with E-state index in [1.165, 1.54) is 51.4 Å². The van der Waals surface area contributed by atoms with Crippen molar-refractivity contribution in [1.29, 1.82) is 0 Å². The van der Waals surface area contributed by atoms with Gasteiger partial charge in [0.15, 0.2) is 11.5 Å². The molecule has 0 heterocycles. The third-order valence-electron chi connectivity index (χ3n) is 12.6. The second kappa shape index (κ2) is 13.1. The Morgan fingerprint density at radius 1 is 0.907 bits per heavy atom. The smallest absolute Gasteiger partial charge is 0.310 e. The third-order valence-corrected chi connectivity index (χ3v) is 12.6. The summed E-state index contributed by atoms with van der Waals surface area (Å²) < 4.78 is 22.5. The van der Waals surface area contributed by atoms with E-state index in [4.69, 9.17) is 18.9 Å². The highest BCUT2D eigenvalue weighted by molar-refractivity contribution is 5.74. The molecule has 1 aromatic carbocycles. The largest absolute Gasteiger partial charge is 0.493 e. The van der Waals surface area contributed by atoms with E-state index in [9.17, 15) is 4.79 Å². The molecule has 3 saturated carbocycles. The number of rotatable bonds is 11. The number of methoxy groups -OCH3 is 3. The summed E-state index contributed by atoms with van der Waals surface area (Å²) in [6.07, 6.45) is 16.7. The summed E-state index contributed by atoms with van der Waals surface area (Å²) in [7, 11) is 4.77. The molecule has 5 nitrogen and oxygen atoms in total. The molecular weight excluding hydrogens is 536 g/mol. The van der Waals surface area contributed by atoms with Crippen molar-refractivity contribution in [3.05, 3.63) is 29.3 Å². The summed E-state index contributed by atoms with van der Waals surface area (Å²) in [5.74, 6) is 6.47. The second-order valence-electron chi connectivity index (χ2n) is 15.4. The lowest BCUT2D eigenvalue weighted by molar-refractivity contribution is -0.150. The number of hydrogen-bond acceptors (Lipinski definition) is 5. The van der Waals surface area contributed by atoms with E-state index in [1.807, 2.05) is 12.1 Å². The summed E-state index contributed by atoms with van der Waals surface area (Å²) in [6, 6.07) is 3.67. The van der Waals surface area contributed by atoms with Crippen LogP contribution >= 0.6 is 0 Å². The minimum absolute atomic E-state index is 0.0400. The topological polar surface area (TPSA) is 54.0 Å². The summed E-state index contributed by atoms with van der Waals surface area (Å²) >= 11 is 0. The Bertz CT molecular complexity index is 1150. The highest BCUT2D eigenvalue weighted by Gasteiger charge is 2.59. The molecule has 0 aliphatic heterocycles. The maximum atomic E-state index is 13.1. The van der Waals surface area contributed by atoms with E-state index in [0.29, 0.717) is 22.7 Å². The Labute approximate surface area is 261 Å². The van der Waals surface area contributed by atoms with Gasteiger partial charge in [0.1, 0.15) is 6.10 Å². The molecule has 5 heteroatoms. The van der Waals surface area contributed by atoms with Crippen LogP contribution in [-0.2, 0) is 16.0 Å². The molecule has 4 aliphatic rings. The van der Waals surface area contributed by atoms with E-state index in [-0.39, 0.29) is 23.9 Å². The summed E-state index contributed by atoms with van der Waals surface area (Å²) in [5.41, 5.74) is 3.13. The van der Waals surface area contributed by atoms with Crippen LogP contribution in [0.5, 0.6) is 17.2 Å². The zero-order valence-electron chi connectivity index (χ0n) is 28.3. The van der Waals surface area contributed by atoms with Gasteiger partial charge in [-0.3, -0.25) is 4.79 Å². The van der Waals surface area contributed by atoms with Gasteiger partial charge in [-0.15, -0.1) is 0 Å². The number of fused-ring (bicyclic) bond motifs is 5. The number of benzene rings is 1. The van der Waals surface area contributed by atoms with Crippen molar-refractivity contribution < 1.29 is 23.7 Å². The Balaban J connectivity index is 1.22. The van der Waals surface area contributed by atoms with Crippen molar-refractivity contribution in [1.82, 2.24) is 0 Å². The molecule has 0 radical (unpaired) electrons. The van der Waals surface area contributed by atoms with Crippen LogP contribution in [0.15, 0.2) is 23.8 Å². The number of esters is 1. The molecule has 43 heavy (non-hydrogen) atoms. The van der Waals surface area contributed by atoms with E-state index >= 15 is 0 Å². The molecular formula is C38H58O5. The quantitative estimate of drug-likeness (QED) is 0.189. The first-order chi connectivity index (χ1) is 20.5. The molecule has 8 atom stereocenters. The monoisotopic (exact) mass is 594 g/mol. The van der Waals surface area contributed by atoms with Gasteiger partial charge < -0.3 is 18.9 Å². The average molecular weight is 595 g/mol. The van der Waals surface area contributed by atoms with E-state index in [1.54, 1.807) is 26.9 Å². The molecule has 5 rings (SSSR count). The number of allylic oxidation sites excluding steroid dienone is 1. The second-order valence-corrected chi connectivity index (χ2v) is 15.4. The van der Waals surface area contributed by atoms with Crippen molar-refractivity contribution >= 4 is 5.97 Å². The Morgan fingerprint density at radius 2 is 1.63 bits per heavy atom. The van der Waals surface area contributed by atoms with Gasteiger partial charge >= 0.3 is 5.97 Å². The van der Waals surface area contributed by atoms with Crippen LogP contribution in [-0.4, -0.2) is 33.4 Å². The Hall–Kier alpha value is -2.17. The highest BCUT2D eigenvalue weighted by atomic mass is 16.5. The first-order valence-corrected chi connectivity index (χ1v) is 17.2. The maximum absolute atomic E-state index is 13.1. The van der Waals surface area contributed by atoms with Gasteiger partial charge in [0.2, 0.25) is 5.75 Å². The van der Waals surface area contributed by atoms with Gasteiger partial charge in [-0.25, -0.2) is 0 Å². The molecule has 0 bridgehead atoms. The minimum Gasteiger partial charge on any atom is -0.493 e. The van der Waals surface area contributed by atoms with Crippen LogP contribution in [0.25, 0.3) is 0 Å². The fourth-order valence-electron chi connectivity index (χ4n) is 10.4. The van der Waals surface area contributed by atoms with Crippen LogP contribution < -0.4 is 14.2 Å². The first-order valence-electron chi connectivity index (χ1n) is 17.2. The van der Waals surface area contributed by atoms with Crippen molar-refractivity contribution in [3.63, 3.8) is 0 Å². The number of carbonyl (C=O) groups is 1. The molecule has 240 valence electrons. The summed E-state index contributed by atoms with van der Waals surface area (Å²) in [4.78, 5) is 13.1. The predicted molar refractivity (Wildman–Crippen MR) is 173 cm³/mol. The van der Waals surface area contributed by atoms with Crippen LogP contribution in [0.2, 0.25) is 0 Å². The average Bonchev–Trinajstić information content (AvgIpc) is 3.33. The highest BCUT2D eigenvalue weighted by Crippen LogP contribution is 2.67. The summed E-state index contributed by atoms with van der Waals surface area (Å²) in [5, 5.41) is 0. The zero-order chi connectivity index (χ0) is 30.9. The lowest BCUT2D eigenvalue weighted by atomic mass is 9.47. The third kappa shape index (κ3) is 6.21. The standard InChI is InChI=1S/C38H58O5/c1-24(2)10-9-11-25(3)30-14-15-31-29-13-12-27-23-28(16-18-37(27,4)32(29)17-19-38(30,31)5)43-35(39)22-26-20-33(40-6)36(42-8)34(21-26)41-7/h12,20-21,24-25,28-32H,9-11,13-19,22-23H2,1-8H3/t25-,28+,29-,30+,31-,32-,37+,38-/m1/s1. The van der Waals surface area contributed by atoms with Crippen molar-refractivity contribution in [2.75, 3.05) is 21.3 Å². The van der Waals surface area contributed by atoms with E-state index in [0.717, 1.165) is 60.3 Å². The maximum Gasteiger partial charge on any atom is 0.310 e. The van der Waals surface area contributed by atoms with Crippen molar-refractivity contribution in [3.8, 4) is 17.2 Å². The van der Waals surface area contributed by atoms with Gasteiger partial charge in [-0.05, 0) is 109 Å². The van der Waals surface area contributed by atoms with Crippen LogP contribution in [0.4, 0.5) is 0 Å². The normalized spacial score (nSPS) is 34.0. The first kappa shape index (κ1) is 32.2. The SMILES string of the molecule is COc1cc(CC(=O)O[C@H]2CC[C@@]3(C)C(=CC[C@@H]4[C@H]5CC[C@@H]([C@H](C)CCCC(C)C)[C@@]5(C)CC[C@H]43)C2)cc(OC)c1OC. The molecule has 0 N–H and O–H groups in total. The van der Waals surface area contributed by atoms with Gasteiger partial charge in [0, 0.05) is 6.42 Å². The molecule has 4 aliphatic carbocycles. The van der Waals surface area contributed by atoms with Gasteiger partial charge in [0.25, 0.3) is 0 Å². The molecule has 0 spiro atoms. The van der Waals surface area contributed by atoms with Crippen molar-refractivity contribution in [2.24, 2.45) is 46.3 Å². The van der Waals surface area contributed by atoms with Crippen LogP contribution in [0, 0.1) is 46.3 Å². The van der Waals surface area contributed by atoms with Crippen LogP contribution in [0.1, 0.15) is 111 Å². The van der Waals surface area contributed by atoms with Crippen LogP contribution in [0.3, 0.4) is 0 Å². The number of carbonyl (C=O) groups excluding carboxylic acids is 1. The molecule has 1 aromatic rings. The van der Waals surface area contributed by atoms with Gasteiger partial charge in [-0.1, -0.05) is 65.5 Å². The fourth-order valence-corrected chi connectivity index (χ4v) is 10.4. The lowest BCUT2D eigenvalue weighted by Crippen LogP contribution is -2.51. The van der Waals surface area contributed by atoms with Crippen molar-refractivity contribution in [2.45, 2.75) is 118 Å². The van der Waals surface area contributed by atoms with E-state index in [2.05, 4.69) is 40.7 Å². The summed E-state index contributed by atoms with van der Waals surface area (Å²) in [6.45, 7) is 12.5. The number of hydrogen-bond donors (Lipinski definition) is 0. The number of ether oxygens (including phenoxy) is 4. The molecule has 0 unspecified atom stereocenters. The minimum atomic E-state index is -0.190. The Kier molecular flexibility index (Phi) is 9.78. The molecule has 0 amide bonds. The van der Waals surface area contributed by atoms with E-state index < -0.39 is 0 Å². The fraction of sp³-hybridized carbons (Fsp3) is 0.763. The molecule has 0 saturated heterocycles. The van der Waals surface area contributed by atoms with Gasteiger partial charge in [-0.2, -0.15) is 0 Å². The lowest BCUT2D eigenvalue weighted by Gasteiger charge is -2.58. The molecule has 0 aromatic heterocycles. The predicted octanol–water partition coefficient (Wildman–Crippen LogP) is 9.21. The zero-order valence-corrected chi connectivity index (χ0v) is 28.3. The van der Waals surface area contributed by atoms with Gasteiger partial charge in [0.05, 0.1) is 27.8 Å².